The minimum absolute atomic E-state index is 0.192. The summed E-state index contributed by atoms with van der Waals surface area (Å²) in [4.78, 5) is 2.31. The van der Waals surface area contributed by atoms with Gasteiger partial charge in [0.2, 0.25) is 0 Å². The highest BCUT2D eigenvalue weighted by Gasteiger charge is 2.24. The van der Waals surface area contributed by atoms with E-state index < -0.39 is 0 Å². The van der Waals surface area contributed by atoms with Crippen molar-refractivity contribution in [1.29, 1.82) is 0 Å². The van der Waals surface area contributed by atoms with Crippen molar-refractivity contribution >= 4 is 11.4 Å². The SMILES string of the molecule is C=C(Nc1cccc2c1C[C@@H](O)CC2)C1CCN(c2ccc(F)cc2)CC1. The quantitative estimate of drug-likeness (QED) is 0.835. The molecule has 1 heterocycles. The number of nitrogens with zero attached hydrogens (tertiary/aromatic N) is 1. The largest absolute Gasteiger partial charge is 0.393 e. The van der Waals surface area contributed by atoms with Crippen molar-refractivity contribution in [2.24, 2.45) is 5.92 Å². The van der Waals surface area contributed by atoms with Gasteiger partial charge in [0.05, 0.1) is 6.10 Å². The summed E-state index contributed by atoms with van der Waals surface area (Å²) in [6.07, 6.45) is 4.32. The zero-order valence-electron chi connectivity index (χ0n) is 15.6. The summed E-state index contributed by atoms with van der Waals surface area (Å²) < 4.78 is 13.1. The summed E-state index contributed by atoms with van der Waals surface area (Å²) >= 11 is 0. The van der Waals surface area contributed by atoms with Crippen LogP contribution in [0.3, 0.4) is 0 Å². The average Bonchev–Trinajstić information content (AvgIpc) is 2.69. The summed E-state index contributed by atoms with van der Waals surface area (Å²) in [7, 11) is 0. The summed E-state index contributed by atoms with van der Waals surface area (Å²) in [6, 6.07) is 13.1. The number of aryl methyl sites for hydroxylation is 1. The van der Waals surface area contributed by atoms with E-state index >= 15 is 0 Å². The molecule has 0 saturated carbocycles. The van der Waals surface area contributed by atoms with Gasteiger partial charge in [0.1, 0.15) is 5.82 Å². The number of anilines is 2. The summed E-state index contributed by atoms with van der Waals surface area (Å²) in [5, 5.41) is 13.6. The van der Waals surface area contributed by atoms with Crippen molar-refractivity contribution < 1.29 is 9.50 Å². The number of aliphatic hydroxyl groups is 1. The number of benzene rings is 2. The lowest BCUT2D eigenvalue weighted by atomic mass is 9.88. The molecule has 0 spiro atoms. The number of aliphatic hydroxyl groups excluding tert-OH is 1. The Kier molecular flexibility index (Phi) is 5.17. The number of rotatable bonds is 4. The van der Waals surface area contributed by atoms with Crippen LogP contribution in [0.25, 0.3) is 0 Å². The molecule has 2 aliphatic rings. The summed E-state index contributed by atoms with van der Waals surface area (Å²) in [5.74, 6) is 0.230. The third-order valence-electron chi connectivity index (χ3n) is 5.93. The van der Waals surface area contributed by atoms with E-state index in [1.165, 1.54) is 23.3 Å². The maximum absolute atomic E-state index is 13.1. The van der Waals surface area contributed by atoms with Crippen LogP contribution in [0.4, 0.5) is 15.8 Å². The number of piperidine rings is 1. The molecule has 0 bridgehead atoms. The molecule has 142 valence electrons. The lowest BCUT2D eigenvalue weighted by molar-refractivity contribution is 0.159. The lowest BCUT2D eigenvalue weighted by Gasteiger charge is -2.35. The van der Waals surface area contributed by atoms with Gasteiger partial charge in [-0.3, -0.25) is 0 Å². The second kappa shape index (κ2) is 7.73. The standard InChI is InChI=1S/C23H27FN2O/c1-16(25-23-4-2-3-18-5-10-21(27)15-22(18)23)17-11-13-26(14-12-17)20-8-6-19(24)7-9-20/h2-4,6-9,17,21,25,27H,1,5,10-15H2/t21-/m0/s1. The molecular formula is C23H27FN2O. The predicted octanol–water partition coefficient (Wildman–Crippen LogP) is 4.52. The fourth-order valence-corrected chi connectivity index (χ4v) is 4.30. The zero-order valence-corrected chi connectivity index (χ0v) is 15.6. The lowest BCUT2D eigenvalue weighted by Crippen LogP contribution is -2.35. The van der Waals surface area contributed by atoms with Crippen molar-refractivity contribution in [3.05, 3.63) is 71.7 Å². The maximum Gasteiger partial charge on any atom is 0.123 e. The molecule has 0 amide bonds. The highest BCUT2D eigenvalue weighted by Crippen LogP contribution is 2.32. The molecule has 1 atom stereocenters. The molecule has 27 heavy (non-hydrogen) atoms. The molecule has 1 aliphatic heterocycles. The van der Waals surface area contributed by atoms with E-state index in [4.69, 9.17) is 0 Å². The van der Waals surface area contributed by atoms with Crippen LogP contribution in [-0.4, -0.2) is 24.3 Å². The van der Waals surface area contributed by atoms with Crippen LogP contribution in [0.5, 0.6) is 0 Å². The third kappa shape index (κ3) is 4.01. The molecule has 1 aliphatic carbocycles. The Balaban J connectivity index is 1.38. The van der Waals surface area contributed by atoms with E-state index in [0.29, 0.717) is 5.92 Å². The smallest absolute Gasteiger partial charge is 0.123 e. The van der Waals surface area contributed by atoms with Gasteiger partial charge >= 0.3 is 0 Å². The van der Waals surface area contributed by atoms with Crippen molar-refractivity contribution in [1.82, 2.24) is 0 Å². The van der Waals surface area contributed by atoms with Gasteiger partial charge in [-0.15, -0.1) is 0 Å². The second-order valence-electron chi connectivity index (χ2n) is 7.73. The topological polar surface area (TPSA) is 35.5 Å². The first-order valence-corrected chi connectivity index (χ1v) is 9.85. The van der Waals surface area contributed by atoms with Gasteiger partial charge in [0.25, 0.3) is 0 Å². The normalized spacial score (nSPS) is 20.2. The molecule has 1 fully saturated rings. The third-order valence-corrected chi connectivity index (χ3v) is 5.93. The minimum atomic E-state index is -0.243. The first-order chi connectivity index (χ1) is 13.1. The highest BCUT2D eigenvalue weighted by molar-refractivity contribution is 5.59. The van der Waals surface area contributed by atoms with Crippen LogP contribution in [0, 0.1) is 11.7 Å². The second-order valence-corrected chi connectivity index (χ2v) is 7.73. The van der Waals surface area contributed by atoms with Crippen molar-refractivity contribution in [2.45, 2.75) is 38.2 Å². The van der Waals surface area contributed by atoms with E-state index in [1.807, 2.05) is 12.1 Å². The number of nitrogens with one attached hydrogen (secondary N) is 1. The average molecular weight is 366 g/mol. The van der Waals surface area contributed by atoms with Gasteiger partial charge < -0.3 is 15.3 Å². The number of hydrogen-bond donors (Lipinski definition) is 2. The molecule has 2 N–H and O–H groups in total. The van der Waals surface area contributed by atoms with Crippen molar-refractivity contribution in [3.63, 3.8) is 0 Å². The molecule has 0 aromatic heterocycles. The maximum atomic E-state index is 13.1. The first kappa shape index (κ1) is 18.1. The number of allylic oxidation sites excluding steroid dienone is 1. The Morgan fingerprint density at radius 1 is 1.07 bits per heavy atom. The van der Waals surface area contributed by atoms with Crippen molar-refractivity contribution in [3.8, 4) is 0 Å². The summed E-state index contributed by atoms with van der Waals surface area (Å²) in [5.41, 5.74) is 5.81. The van der Waals surface area contributed by atoms with Gasteiger partial charge in [0.15, 0.2) is 0 Å². The fourth-order valence-electron chi connectivity index (χ4n) is 4.30. The minimum Gasteiger partial charge on any atom is -0.393 e. The number of halogens is 1. The Labute approximate surface area is 160 Å². The van der Waals surface area contributed by atoms with Crippen LogP contribution in [0.15, 0.2) is 54.7 Å². The molecule has 4 rings (SSSR count). The molecular weight excluding hydrogens is 339 g/mol. The predicted molar refractivity (Wildman–Crippen MR) is 109 cm³/mol. The van der Waals surface area contributed by atoms with Crippen LogP contribution in [-0.2, 0) is 12.8 Å². The van der Waals surface area contributed by atoms with Gasteiger partial charge in [-0.2, -0.15) is 0 Å². The highest BCUT2D eigenvalue weighted by atomic mass is 19.1. The molecule has 0 unspecified atom stereocenters. The number of fused-ring (bicyclic) bond motifs is 1. The van der Waals surface area contributed by atoms with Crippen molar-refractivity contribution in [2.75, 3.05) is 23.3 Å². The van der Waals surface area contributed by atoms with Gasteiger partial charge in [0, 0.05) is 42.5 Å². The van der Waals surface area contributed by atoms with E-state index in [0.717, 1.165) is 62.3 Å². The Hall–Kier alpha value is -2.33. The van der Waals surface area contributed by atoms with E-state index in [-0.39, 0.29) is 11.9 Å². The van der Waals surface area contributed by atoms with Crippen LogP contribution < -0.4 is 10.2 Å². The molecule has 4 heteroatoms. The van der Waals surface area contributed by atoms with Gasteiger partial charge in [-0.05, 0) is 67.1 Å². The van der Waals surface area contributed by atoms with E-state index in [1.54, 1.807) is 0 Å². The Bertz CT molecular complexity index is 810. The monoisotopic (exact) mass is 366 g/mol. The fraction of sp³-hybridized carbons (Fsp3) is 0.391. The van der Waals surface area contributed by atoms with E-state index in [2.05, 4.69) is 35.0 Å². The molecule has 1 saturated heterocycles. The van der Waals surface area contributed by atoms with E-state index in [9.17, 15) is 9.50 Å². The summed E-state index contributed by atoms with van der Waals surface area (Å²) in [6.45, 7) is 6.20. The molecule has 0 radical (unpaired) electrons. The molecule has 3 nitrogen and oxygen atoms in total. The zero-order chi connectivity index (χ0) is 18.8. The van der Waals surface area contributed by atoms with Crippen LogP contribution >= 0.6 is 0 Å². The number of hydrogen-bond acceptors (Lipinski definition) is 3. The first-order valence-electron chi connectivity index (χ1n) is 9.85. The van der Waals surface area contributed by atoms with Gasteiger partial charge in [-0.1, -0.05) is 18.7 Å². The Morgan fingerprint density at radius 2 is 1.81 bits per heavy atom. The molecule has 2 aromatic rings. The Morgan fingerprint density at radius 3 is 2.56 bits per heavy atom. The van der Waals surface area contributed by atoms with Gasteiger partial charge in [-0.25, -0.2) is 4.39 Å². The van der Waals surface area contributed by atoms with Crippen LogP contribution in [0.1, 0.15) is 30.4 Å². The van der Waals surface area contributed by atoms with Crippen LogP contribution in [0.2, 0.25) is 0 Å². The molecule has 2 aromatic carbocycles.